The number of hydrogen-bond acceptors (Lipinski definition) is 2. The summed E-state index contributed by atoms with van der Waals surface area (Å²) < 4.78 is 5.36. The number of carboxylic acid groups (broad SMARTS) is 1. The van der Waals surface area contributed by atoms with E-state index >= 15 is 0 Å². The lowest BCUT2D eigenvalue weighted by Crippen LogP contribution is -2.08. The van der Waals surface area contributed by atoms with E-state index in [1.165, 1.54) is 0 Å². The molecule has 0 radical (unpaired) electrons. The van der Waals surface area contributed by atoms with Gasteiger partial charge in [0.15, 0.2) is 0 Å². The predicted octanol–water partition coefficient (Wildman–Crippen LogP) is 2.22. The summed E-state index contributed by atoms with van der Waals surface area (Å²) >= 11 is 0. The molecule has 1 atom stereocenters. The van der Waals surface area contributed by atoms with Crippen molar-refractivity contribution in [2.75, 3.05) is 6.61 Å². The number of carboxylic acids is 1. The lowest BCUT2D eigenvalue weighted by atomic mass is 10.2. The van der Waals surface area contributed by atoms with Crippen molar-refractivity contribution < 1.29 is 14.6 Å². The summed E-state index contributed by atoms with van der Waals surface area (Å²) in [5.74, 6) is -0.883. The molecule has 13 heavy (non-hydrogen) atoms. The standard InChI is InChI=1S/C10H18O3/c1-4-5-6-13-9(3)7-8(2)10(11)12/h7,9H,4-6H2,1-3H3,(H,11,12)/b8-7-. The molecule has 0 aliphatic carbocycles. The zero-order valence-electron chi connectivity index (χ0n) is 8.54. The van der Waals surface area contributed by atoms with Gasteiger partial charge in [-0.1, -0.05) is 13.3 Å². The third-order valence-corrected chi connectivity index (χ3v) is 1.70. The smallest absolute Gasteiger partial charge is 0.331 e. The number of carbonyl (C=O) groups is 1. The molecule has 0 aromatic carbocycles. The minimum atomic E-state index is -0.883. The molecule has 0 aromatic rings. The molecule has 76 valence electrons. The quantitative estimate of drug-likeness (QED) is 0.511. The van der Waals surface area contributed by atoms with E-state index in [0.717, 1.165) is 12.8 Å². The maximum Gasteiger partial charge on any atom is 0.331 e. The van der Waals surface area contributed by atoms with E-state index in [1.807, 2.05) is 6.92 Å². The minimum Gasteiger partial charge on any atom is -0.478 e. The van der Waals surface area contributed by atoms with E-state index in [-0.39, 0.29) is 6.10 Å². The third kappa shape index (κ3) is 6.34. The summed E-state index contributed by atoms with van der Waals surface area (Å²) in [4.78, 5) is 10.4. The van der Waals surface area contributed by atoms with Crippen LogP contribution in [0.1, 0.15) is 33.6 Å². The molecule has 1 N–H and O–H groups in total. The first kappa shape index (κ1) is 12.2. The average molecular weight is 186 g/mol. The van der Waals surface area contributed by atoms with Crippen molar-refractivity contribution in [2.45, 2.75) is 39.7 Å². The fourth-order valence-corrected chi connectivity index (χ4v) is 0.885. The second kappa shape index (κ2) is 6.66. The Hall–Kier alpha value is -0.830. The van der Waals surface area contributed by atoms with Crippen LogP contribution in [0.3, 0.4) is 0 Å². The highest BCUT2D eigenvalue weighted by Gasteiger charge is 2.03. The van der Waals surface area contributed by atoms with Gasteiger partial charge in [-0.25, -0.2) is 4.79 Å². The van der Waals surface area contributed by atoms with Crippen LogP contribution >= 0.6 is 0 Å². The van der Waals surface area contributed by atoms with Crippen LogP contribution in [-0.2, 0) is 9.53 Å². The van der Waals surface area contributed by atoms with Gasteiger partial charge in [0, 0.05) is 12.2 Å². The van der Waals surface area contributed by atoms with Crippen molar-refractivity contribution in [1.82, 2.24) is 0 Å². The first-order valence-electron chi connectivity index (χ1n) is 4.61. The SMILES string of the molecule is CCCCOC(C)/C=C(/C)C(=O)O. The van der Waals surface area contributed by atoms with Crippen LogP contribution in [0.2, 0.25) is 0 Å². The van der Waals surface area contributed by atoms with Gasteiger partial charge in [0.25, 0.3) is 0 Å². The monoisotopic (exact) mass is 186 g/mol. The van der Waals surface area contributed by atoms with Gasteiger partial charge in [-0.2, -0.15) is 0 Å². The Morgan fingerprint density at radius 2 is 2.23 bits per heavy atom. The van der Waals surface area contributed by atoms with Gasteiger partial charge in [-0.3, -0.25) is 0 Å². The van der Waals surface area contributed by atoms with Crippen molar-refractivity contribution in [3.8, 4) is 0 Å². The number of unbranched alkanes of at least 4 members (excludes halogenated alkanes) is 1. The Bertz CT molecular complexity index is 185. The molecule has 0 bridgehead atoms. The van der Waals surface area contributed by atoms with Crippen LogP contribution in [0.5, 0.6) is 0 Å². The second-order valence-corrected chi connectivity index (χ2v) is 3.08. The van der Waals surface area contributed by atoms with E-state index in [2.05, 4.69) is 6.92 Å². The van der Waals surface area contributed by atoms with Crippen molar-refractivity contribution in [1.29, 1.82) is 0 Å². The van der Waals surface area contributed by atoms with Crippen molar-refractivity contribution >= 4 is 5.97 Å². The summed E-state index contributed by atoms with van der Waals surface area (Å²) in [5.41, 5.74) is 0.337. The Balaban J connectivity index is 3.78. The van der Waals surface area contributed by atoms with Gasteiger partial charge in [0.1, 0.15) is 0 Å². The van der Waals surface area contributed by atoms with Gasteiger partial charge in [0.05, 0.1) is 6.10 Å². The van der Waals surface area contributed by atoms with Crippen LogP contribution < -0.4 is 0 Å². The van der Waals surface area contributed by atoms with E-state index in [0.29, 0.717) is 12.2 Å². The lowest BCUT2D eigenvalue weighted by Gasteiger charge is -2.08. The summed E-state index contributed by atoms with van der Waals surface area (Å²) in [6.45, 7) is 6.21. The molecule has 0 amide bonds. The van der Waals surface area contributed by atoms with Gasteiger partial charge in [-0.15, -0.1) is 0 Å². The highest BCUT2D eigenvalue weighted by Crippen LogP contribution is 2.01. The maximum absolute atomic E-state index is 10.4. The summed E-state index contributed by atoms with van der Waals surface area (Å²) in [6.07, 6.45) is 3.62. The van der Waals surface area contributed by atoms with Crippen LogP contribution in [0, 0.1) is 0 Å². The summed E-state index contributed by atoms with van der Waals surface area (Å²) in [5, 5.41) is 8.58. The Morgan fingerprint density at radius 1 is 1.62 bits per heavy atom. The predicted molar refractivity (Wildman–Crippen MR) is 51.7 cm³/mol. The fraction of sp³-hybridized carbons (Fsp3) is 0.700. The summed E-state index contributed by atoms with van der Waals surface area (Å²) in [6, 6.07) is 0. The topological polar surface area (TPSA) is 46.5 Å². The fourth-order valence-electron chi connectivity index (χ4n) is 0.885. The molecule has 0 rings (SSSR count). The van der Waals surface area contributed by atoms with Gasteiger partial charge in [0.2, 0.25) is 0 Å². The first-order chi connectivity index (χ1) is 6.07. The summed E-state index contributed by atoms with van der Waals surface area (Å²) in [7, 11) is 0. The van der Waals surface area contributed by atoms with Crippen molar-refractivity contribution in [3.63, 3.8) is 0 Å². The molecule has 0 saturated heterocycles. The molecule has 0 aliphatic heterocycles. The second-order valence-electron chi connectivity index (χ2n) is 3.08. The number of rotatable bonds is 6. The number of ether oxygens (including phenoxy) is 1. The number of aliphatic carboxylic acids is 1. The zero-order chi connectivity index (χ0) is 10.3. The maximum atomic E-state index is 10.4. The third-order valence-electron chi connectivity index (χ3n) is 1.70. The Kier molecular flexibility index (Phi) is 6.24. The zero-order valence-corrected chi connectivity index (χ0v) is 8.54. The Morgan fingerprint density at radius 3 is 2.69 bits per heavy atom. The molecule has 0 aromatic heterocycles. The average Bonchev–Trinajstić information content (AvgIpc) is 2.04. The van der Waals surface area contributed by atoms with Crippen LogP contribution in [0.15, 0.2) is 11.6 Å². The van der Waals surface area contributed by atoms with Gasteiger partial charge < -0.3 is 9.84 Å². The van der Waals surface area contributed by atoms with Crippen LogP contribution in [0.25, 0.3) is 0 Å². The molecule has 1 unspecified atom stereocenters. The molecule has 3 nitrogen and oxygen atoms in total. The molecule has 0 aliphatic rings. The first-order valence-corrected chi connectivity index (χ1v) is 4.61. The van der Waals surface area contributed by atoms with Gasteiger partial charge >= 0.3 is 5.97 Å². The molecule has 0 spiro atoms. The van der Waals surface area contributed by atoms with Crippen LogP contribution in [-0.4, -0.2) is 23.8 Å². The van der Waals surface area contributed by atoms with Gasteiger partial charge in [-0.05, 0) is 26.3 Å². The minimum absolute atomic E-state index is 0.109. The molecule has 0 fully saturated rings. The number of hydrogen-bond donors (Lipinski definition) is 1. The van der Waals surface area contributed by atoms with E-state index < -0.39 is 5.97 Å². The normalized spacial score (nSPS) is 14.2. The Labute approximate surface area is 79.4 Å². The van der Waals surface area contributed by atoms with Crippen molar-refractivity contribution in [2.24, 2.45) is 0 Å². The van der Waals surface area contributed by atoms with Crippen LogP contribution in [0.4, 0.5) is 0 Å². The van der Waals surface area contributed by atoms with E-state index in [9.17, 15) is 4.79 Å². The molecule has 3 heteroatoms. The highest BCUT2D eigenvalue weighted by molar-refractivity contribution is 5.85. The molecule has 0 saturated carbocycles. The molecule has 0 heterocycles. The lowest BCUT2D eigenvalue weighted by molar-refractivity contribution is -0.132. The molecular formula is C10H18O3. The largest absolute Gasteiger partial charge is 0.478 e. The van der Waals surface area contributed by atoms with E-state index in [4.69, 9.17) is 9.84 Å². The highest BCUT2D eigenvalue weighted by atomic mass is 16.5. The molecular weight excluding hydrogens is 168 g/mol. The van der Waals surface area contributed by atoms with E-state index in [1.54, 1.807) is 13.0 Å². The van der Waals surface area contributed by atoms with Crippen molar-refractivity contribution in [3.05, 3.63) is 11.6 Å².